The molecule has 0 radical (unpaired) electrons. The van der Waals surface area contributed by atoms with Gasteiger partial charge in [0.2, 0.25) is 0 Å². The van der Waals surface area contributed by atoms with Crippen LogP contribution in [0.4, 0.5) is 5.69 Å². The number of rotatable bonds is 5. The molecule has 0 heterocycles. The standard InChI is InChI=1S/C16H20N2/c1-18(11-10-14-6-3-2-4-7-14)16-9-5-8-15(12-16)13-17/h2-9,12H,10-11,13,17H2,1H3. The number of nitrogens with two attached hydrogens (primary N) is 1. The van der Waals surface area contributed by atoms with Crippen molar-refractivity contribution in [2.75, 3.05) is 18.5 Å². The van der Waals surface area contributed by atoms with Crippen molar-refractivity contribution < 1.29 is 0 Å². The first-order chi connectivity index (χ1) is 8.79. The molecule has 2 aromatic carbocycles. The number of likely N-dealkylation sites (N-methyl/N-ethyl adjacent to an activating group) is 1. The maximum absolute atomic E-state index is 5.67. The molecule has 0 saturated heterocycles. The zero-order valence-corrected chi connectivity index (χ0v) is 10.8. The summed E-state index contributed by atoms with van der Waals surface area (Å²) >= 11 is 0. The number of nitrogens with zero attached hydrogens (tertiary/aromatic N) is 1. The Hall–Kier alpha value is -1.80. The van der Waals surface area contributed by atoms with Gasteiger partial charge in [0.05, 0.1) is 0 Å². The minimum atomic E-state index is 0.598. The second-order valence-corrected chi connectivity index (χ2v) is 4.53. The summed E-state index contributed by atoms with van der Waals surface area (Å²) in [5.74, 6) is 0. The molecule has 0 spiro atoms. The predicted octanol–water partition coefficient (Wildman–Crippen LogP) is 2.82. The Morgan fingerprint density at radius 1 is 0.944 bits per heavy atom. The lowest BCUT2D eigenvalue weighted by Crippen LogP contribution is -2.20. The van der Waals surface area contributed by atoms with Crippen molar-refractivity contribution in [2.45, 2.75) is 13.0 Å². The maximum Gasteiger partial charge on any atom is 0.0366 e. The highest BCUT2D eigenvalue weighted by Gasteiger charge is 2.01. The third-order valence-corrected chi connectivity index (χ3v) is 3.17. The fourth-order valence-electron chi connectivity index (χ4n) is 1.99. The second-order valence-electron chi connectivity index (χ2n) is 4.53. The molecule has 0 aromatic heterocycles. The van der Waals surface area contributed by atoms with Gasteiger partial charge in [-0.25, -0.2) is 0 Å². The monoisotopic (exact) mass is 240 g/mol. The molecule has 94 valence electrons. The van der Waals surface area contributed by atoms with E-state index in [1.165, 1.54) is 16.8 Å². The van der Waals surface area contributed by atoms with Crippen LogP contribution in [0.5, 0.6) is 0 Å². The normalized spacial score (nSPS) is 10.3. The van der Waals surface area contributed by atoms with Crippen molar-refractivity contribution in [3.63, 3.8) is 0 Å². The van der Waals surface area contributed by atoms with Crippen LogP contribution in [0.25, 0.3) is 0 Å². The van der Waals surface area contributed by atoms with Gasteiger partial charge >= 0.3 is 0 Å². The summed E-state index contributed by atoms with van der Waals surface area (Å²) in [5.41, 5.74) is 9.45. The van der Waals surface area contributed by atoms with Gasteiger partial charge < -0.3 is 10.6 Å². The average molecular weight is 240 g/mol. The molecule has 2 nitrogen and oxygen atoms in total. The third-order valence-electron chi connectivity index (χ3n) is 3.17. The van der Waals surface area contributed by atoms with Crippen LogP contribution in [-0.4, -0.2) is 13.6 Å². The van der Waals surface area contributed by atoms with Crippen molar-refractivity contribution in [1.29, 1.82) is 0 Å². The van der Waals surface area contributed by atoms with E-state index in [1.807, 2.05) is 0 Å². The van der Waals surface area contributed by atoms with E-state index in [0.29, 0.717) is 6.54 Å². The molecule has 0 amide bonds. The molecule has 0 aliphatic carbocycles. The summed E-state index contributed by atoms with van der Waals surface area (Å²) < 4.78 is 0. The van der Waals surface area contributed by atoms with E-state index in [2.05, 4.69) is 66.5 Å². The largest absolute Gasteiger partial charge is 0.374 e. The molecule has 0 saturated carbocycles. The summed E-state index contributed by atoms with van der Waals surface area (Å²) in [4.78, 5) is 2.27. The summed E-state index contributed by atoms with van der Waals surface area (Å²) in [7, 11) is 2.12. The van der Waals surface area contributed by atoms with Gasteiger partial charge in [0.1, 0.15) is 0 Å². The summed E-state index contributed by atoms with van der Waals surface area (Å²) in [6.07, 6.45) is 1.06. The lowest BCUT2D eigenvalue weighted by atomic mass is 10.1. The van der Waals surface area contributed by atoms with Gasteiger partial charge in [-0.15, -0.1) is 0 Å². The molecule has 18 heavy (non-hydrogen) atoms. The Labute approximate surface area is 109 Å². The average Bonchev–Trinajstić information content (AvgIpc) is 2.46. The number of benzene rings is 2. The van der Waals surface area contributed by atoms with Gasteiger partial charge in [0.25, 0.3) is 0 Å². The van der Waals surface area contributed by atoms with Crippen LogP contribution >= 0.6 is 0 Å². The molecule has 2 aromatic rings. The number of anilines is 1. The van der Waals surface area contributed by atoms with Crippen LogP contribution in [0.15, 0.2) is 54.6 Å². The van der Waals surface area contributed by atoms with Gasteiger partial charge in [0, 0.05) is 25.8 Å². The van der Waals surface area contributed by atoms with E-state index >= 15 is 0 Å². The van der Waals surface area contributed by atoms with Crippen molar-refractivity contribution in [3.05, 3.63) is 65.7 Å². The minimum Gasteiger partial charge on any atom is -0.374 e. The lowest BCUT2D eigenvalue weighted by molar-refractivity contribution is 0.875. The van der Waals surface area contributed by atoms with Crippen LogP contribution < -0.4 is 10.6 Å². The molecule has 0 fully saturated rings. The highest BCUT2D eigenvalue weighted by Crippen LogP contribution is 2.15. The van der Waals surface area contributed by atoms with Crippen molar-refractivity contribution in [1.82, 2.24) is 0 Å². The van der Waals surface area contributed by atoms with E-state index in [-0.39, 0.29) is 0 Å². The quantitative estimate of drug-likeness (QED) is 0.870. The molecule has 2 heteroatoms. The second kappa shape index (κ2) is 6.22. The topological polar surface area (TPSA) is 29.3 Å². The highest BCUT2D eigenvalue weighted by atomic mass is 15.1. The van der Waals surface area contributed by atoms with Crippen LogP contribution in [0.2, 0.25) is 0 Å². The Kier molecular flexibility index (Phi) is 4.37. The fraction of sp³-hybridized carbons (Fsp3) is 0.250. The van der Waals surface area contributed by atoms with Crippen LogP contribution in [-0.2, 0) is 13.0 Å². The molecule has 0 unspecified atom stereocenters. The summed E-state index contributed by atoms with van der Waals surface area (Å²) in [6.45, 7) is 1.61. The predicted molar refractivity (Wildman–Crippen MR) is 77.7 cm³/mol. The zero-order chi connectivity index (χ0) is 12.8. The Morgan fingerprint density at radius 3 is 2.39 bits per heavy atom. The van der Waals surface area contributed by atoms with Gasteiger partial charge in [0.15, 0.2) is 0 Å². The van der Waals surface area contributed by atoms with Gasteiger partial charge in [-0.1, -0.05) is 42.5 Å². The third kappa shape index (κ3) is 3.34. The number of hydrogen-bond donors (Lipinski definition) is 1. The highest BCUT2D eigenvalue weighted by molar-refractivity contribution is 5.48. The van der Waals surface area contributed by atoms with Gasteiger partial charge in [-0.2, -0.15) is 0 Å². The molecule has 0 atom stereocenters. The summed E-state index contributed by atoms with van der Waals surface area (Å²) in [6, 6.07) is 19.0. The van der Waals surface area contributed by atoms with Crippen molar-refractivity contribution in [3.8, 4) is 0 Å². The fourth-order valence-corrected chi connectivity index (χ4v) is 1.99. The molecule has 2 rings (SSSR count). The molecular formula is C16H20N2. The van der Waals surface area contributed by atoms with Gasteiger partial charge in [-0.05, 0) is 29.7 Å². The Balaban J connectivity index is 1.97. The molecular weight excluding hydrogens is 220 g/mol. The zero-order valence-electron chi connectivity index (χ0n) is 10.8. The van der Waals surface area contributed by atoms with Crippen molar-refractivity contribution in [2.24, 2.45) is 5.73 Å². The Morgan fingerprint density at radius 2 is 1.67 bits per heavy atom. The van der Waals surface area contributed by atoms with Crippen molar-refractivity contribution >= 4 is 5.69 Å². The van der Waals surface area contributed by atoms with Crippen LogP contribution in [0, 0.1) is 0 Å². The van der Waals surface area contributed by atoms with Crippen LogP contribution in [0.1, 0.15) is 11.1 Å². The SMILES string of the molecule is CN(CCc1ccccc1)c1cccc(CN)c1. The van der Waals surface area contributed by atoms with E-state index in [1.54, 1.807) is 0 Å². The number of hydrogen-bond acceptors (Lipinski definition) is 2. The first-order valence-electron chi connectivity index (χ1n) is 6.33. The first kappa shape index (κ1) is 12.7. The smallest absolute Gasteiger partial charge is 0.0366 e. The van der Waals surface area contributed by atoms with E-state index in [4.69, 9.17) is 5.73 Å². The lowest BCUT2D eigenvalue weighted by Gasteiger charge is -2.20. The minimum absolute atomic E-state index is 0.598. The van der Waals surface area contributed by atoms with Gasteiger partial charge in [-0.3, -0.25) is 0 Å². The molecule has 0 bridgehead atoms. The summed E-state index contributed by atoms with van der Waals surface area (Å²) in [5, 5.41) is 0. The molecule has 2 N–H and O–H groups in total. The maximum atomic E-state index is 5.67. The van der Waals surface area contributed by atoms with Crippen LogP contribution in [0.3, 0.4) is 0 Å². The Bertz CT molecular complexity index is 479. The first-order valence-corrected chi connectivity index (χ1v) is 6.33. The van der Waals surface area contributed by atoms with E-state index in [0.717, 1.165) is 13.0 Å². The van der Waals surface area contributed by atoms with E-state index < -0.39 is 0 Å². The molecule has 0 aliphatic rings. The van der Waals surface area contributed by atoms with E-state index in [9.17, 15) is 0 Å². The molecule has 0 aliphatic heterocycles.